The maximum Gasteiger partial charge on any atom is 0.231 e. The second-order valence-electron chi connectivity index (χ2n) is 5.55. The fourth-order valence-electron chi connectivity index (χ4n) is 2.81. The first-order valence-electron chi connectivity index (χ1n) is 7.28. The number of hydrogen-bond acceptors (Lipinski definition) is 4. The first-order valence-corrected chi connectivity index (χ1v) is 7.68. The minimum Gasteiger partial charge on any atom is -0.454 e. The summed E-state index contributed by atoms with van der Waals surface area (Å²) in [6.07, 6.45) is 2.54. The van der Waals surface area contributed by atoms with Gasteiger partial charge in [-0.3, -0.25) is 0 Å². The van der Waals surface area contributed by atoms with Crippen LogP contribution in [0.2, 0.25) is 0 Å². The van der Waals surface area contributed by atoms with E-state index in [-0.39, 0.29) is 6.79 Å². The van der Waals surface area contributed by atoms with Crippen molar-refractivity contribution in [1.29, 1.82) is 0 Å². The smallest absolute Gasteiger partial charge is 0.231 e. The largest absolute Gasteiger partial charge is 0.454 e. The molecule has 0 radical (unpaired) electrons. The third kappa shape index (κ3) is 2.41. The molecule has 1 aliphatic rings. The van der Waals surface area contributed by atoms with Crippen LogP contribution < -0.4 is 15.2 Å². The Bertz CT molecular complexity index is 933. The Kier molecular flexibility index (Phi) is 3.20. The van der Waals surface area contributed by atoms with E-state index in [1.807, 2.05) is 43.5 Å². The Morgan fingerprint density at radius 3 is 2.91 bits per heavy atom. The third-order valence-corrected chi connectivity index (χ3v) is 4.00. The number of fused-ring (bicyclic) bond motifs is 2. The average molecular weight is 325 g/mol. The van der Waals surface area contributed by atoms with Gasteiger partial charge in [-0.15, -0.1) is 0 Å². The molecule has 23 heavy (non-hydrogen) atoms. The van der Waals surface area contributed by atoms with Gasteiger partial charge in [-0.25, -0.2) is 4.98 Å². The highest BCUT2D eigenvalue weighted by atomic mass is 32.1. The molecule has 0 spiro atoms. The molecule has 3 heterocycles. The molecule has 2 aromatic heterocycles. The van der Waals surface area contributed by atoms with Crippen molar-refractivity contribution in [2.45, 2.75) is 13.3 Å². The van der Waals surface area contributed by atoms with Crippen LogP contribution in [-0.4, -0.2) is 21.2 Å². The van der Waals surface area contributed by atoms with E-state index in [1.54, 1.807) is 0 Å². The van der Waals surface area contributed by atoms with Gasteiger partial charge in [-0.05, 0) is 36.8 Å². The summed E-state index contributed by atoms with van der Waals surface area (Å²) in [5.74, 6) is 1.49. The molecule has 0 atom stereocenters. The number of ether oxygens (including phenoxy) is 2. The second kappa shape index (κ2) is 5.24. The van der Waals surface area contributed by atoms with Gasteiger partial charge < -0.3 is 19.6 Å². The van der Waals surface area contributed by atoms with Gasteiger partial charge in [-0.2, -0.15) is 0 Å². The molecular weight excluding hydrogens is 310 g/mol. The van der Waals surface area contributed by atoms with E-state index in [0.717, 1.165) is 39.7 Å². The molecule has 2 N–H and O–H groups in total. The molecule has 0 bridgehead atoms. The molecule has 0 aliphatic carbocycles. The Labute approximate surface area is 138 Å². The molecule has 1 aliphatic heterocycles. The molecule has 3 aromatic rings. The predicted octanol–water partition coefficient (Wildman–Crippen LogP) is 2.87. The van der Waals surface area contributed by atoms with Crippen molar-refractivity contribution in [2.24, 2.45) is 5.73 Å². The summed E-state index contributed by atoms with van der Waals surface area (Å²) in [7, 11) is 0. The van der Waals surface area contributed by atoms with Crippen molar-refractivity contribution < 1.29 is 9.47 Å². The quantitative estimate of drug-likeness (QED) is 0.750. The zero-order valence-electron chi connectivity index (χ0n) is 12.6. The number of hydrogen-bond donors (Lipinski definition) is 1. The summed E-state index contributed by atoms with van der Waals surface area (Å²) >= 11 is 5.12. The van der Waals surface area contributed by atoms with E-state index < -0.39 is 0 Å². The van der Waals surface area contributed by atoms with Gasteiger partial charge in [-0.1, -0.05) is 18.3 Å². The second-order valence-corrected chi connectivity index (χ2v) is 6.08. The molecule has 4 rings (SSSR count). The summed E-state index contributed by atoms with van der Waals surface area (Å²) in [5, 5.41) is 0. The monoisotopic (exact) mass is 325 g/mol. The van der Waals surface area contributed by atoms with Crippen molar-refractivity contribution in [2.75, 3.05) is 6.79 Å². The number of benzene rings is 1. The van der Waals surface area contributed by atoms with Crippen molar-refractivity contribution in [1.82, 2.24) is 9.38 Å². The fourth-order valence-corrected chi connectivity index (χ4v) is 2.95. The lowest BCUT2D eigenvalue weighted by Crippen LogP contribution is -2.13. The molecule has 1 aromatic carbocycles. The number of nitrogens with zero attached hydrogens (tertiary/aromatic N) is 2. The van der Waals surface area contributed by atoms with Crippen LogP contribution in [-0.2, 0) is 6.42 Å². The third-order valence-electron chi connectivity index (χ3n) is 3.85. The van der Waals surface area contributed by atoms with Gasteiger partial charge >= 0.3 is 0 Å². The van der Waals surface area contributed by atoms with Crippen LogP contribution in [0.1, 0.15) is 11.3 Å². The number of imidazole rings is 1. The van der Waals surface area contributed by atoms with E-state index in [9.17, 15) is 0 Å². The highest BCUT2D eigenvalue weighted by Crippen LogP contribution is 2.36. The molecule has 0 saturated heterocycles. The zero-order chi connectivity index (χ0) is 16.0. The van der Waals surface area contributed by atoms with Crippen LogP contribution in [0.4, 0.5) is 0 Å². The maximum absolute atomic E-state index is 5.80. The lowest BCUT2D eigenvalue weighted by atomic mass is 10.1. The van der Waals surface area contributed by atoms with Crippen LogP contribution in [0, 0.1) is 6.92 Å². The molecule has 6 heteroatoms. The summed E-state index contributed by atoms with van der Waals surface area (Å²) in [4.78, 5) is 5.19. The van der Waals surface area contributed by atoms with Gasteiger partial charge in [0.2, 0.25) is 6.79 Å². The number of thiocarbonyl (C=S) groups is 1. The first kappa shape index (κ1) is 14.0. The Hall–Kier alpha value is -2.60. The van der Waals surface area contributed by atoms with Crippen LogP contribution in [0.3, 0.4) is 0 Å². The molecule has 0 fully saturated rings. The van der Waals surface area contributed by atoms with Gasteiger partial charge in [0.15, 0.2) is 11.5 Å². The minimum atomic E-state index is 0.253. The number of nitrogens with two attached hydrogens (primary N) is 1. The average Bonchev–Trinajstić information content (AvgIpc) is 3.11. The first-order chi connectivity index (χ1) is 11.1. The highest BCUT2D eigenvalue weighted by molar-refractivity contribution is 7.80. The Balaban J connectivity index is 1.93. The van der Waals surface area contributed by atoms with Gasteiger partial charge in [0.05, 0.1) is 16.4 Å². The molecular formula is C17H15N3O2S. The van der Waals surface area contributed by atoms with Gasteiger partial charge in [0, 0.05) is 18.2 Å². The van der Waals surface area contributed by atoms with Gasteiger partial charge in [0.25, 0.3) is 0 Å². The zero-order valence-corrected chi connectivity index (χ0v) is 13.4. The summed E-state index contributed by atoms with van der Waals surface area (Å²) in [5.41, 5.74) is 10.6. The standard InChI is InChI=1S/C17H15N3O2S/c1-10-2-5-16-19-17(12(7-15(18)23)20(16)8-10)11-3-4-13-14(6-11)22-9-21-13/h2-6,8H,7,9H2,1H3,(H2,18,23). The molecule has 0 unspecified atom stereocenters. The highest BCUT2D eigenvalue weighted by Gasteiger charge is 2.19. The Morgan fingerprint density at radius 2 is 2.09 bits per heavy atom. The fraction of sp³-hybridized carbons (Fsp3) is 0.176. The molecule has 0 amide bonds. The number of aryl methyl sites for hydroxylation is 1. The van der Waals surface area contributed by atoms with E-state index in [4.69, 9.17) is 32.4 Å². The van der Waals surface area contributed by atoms with Crippen molar-refractivity contribution in [3.05, 3.63) is 47.8 Å². The molecule has 116 valence electrons. The van der Waals surface area contributed by atoms with Crippen LogP contribution in [0.5, 0.6) is 11.5 Å². The van der Waals surface area contributed by atoms with E-state index >= 15 is 0 Å². The number of rotatable bonds is 3. The lowest BCUT2D eigenvalue weighted by molar-refractivity contribution is 0.174. The number of pyridine rings is 1. The van der Waals surface area contributed by atoms with Crippen molar-refractivity contribution >= 4 is 22.9 Å². The topological polar surface area (TPSA) is 61.8 Å². The normalized spacial score (nSPS) is 12.7. The minimum absolute atomic E-state index is 0.253. The molecule has 5 nitrogen and oxygen atoms in total. The van der Waals surface area contributed by atoms with E-state index in [2.05, 4.69) is 4.40 Å². The lowest BCUT2D eigenvalue weighted by Gasteiger charge is -2.06. The Morgan fingerprint density at radius 1 is 1.26 bits per heavy atom. The van der Waals surface area contributed by atoms with E-state index in [0.29, 0.717) is 11.4 Å². The predicted molar refractivity (Wildman–Crippen MR) is 92.0 cm³/mol. The molecule has 0 saturated carbocycles. The summed E-state index contributed by atoms with van der Waals surface area (Å²) in [6, 6.07) is 9.86. The van der Waals surface area contributed by atoms with E-state index in [1.165, 1.54) is 0 Å². The van der Waals surface area contributed by atoms with Gasteiger partial charge in [0.1, 0.15) is 5.65 Å². The maximum atomic E-state index is 5.80. The number of aromatic nitrogens is 2. The summed E-state index contributed by atoms with van der Waals surface area (Å²) < 4.78 is 12.9. The van der Waals surface area contributed by atoms with Crippen molar-refractivity contribution in [3.63, 3.8) is 0 Å². The van der Waals surface area contributed by atoms with Crippen molar-refractivity contribution in [3.8, 4) is 22.8 Å². The van der Waals surface area contributed by atoms with Crippen LogP contribution in [0.25, 0.3) is 16.9 Å². The SMILES string of the molecule is Cc1ccc2nc(-c3ccc4c(c3)OCO4)c(CC(N)=S)n2c1. The summed E-state index contributed by atoms with van der Waals surface area (Å²) in [6.45, 7) is 2.30. The van der Waals surface area contributed by atoms with Crippen LogP contribution >= 0.6 is 12.2 Å². The van der Waals surface area contributed by atoms with Crippen LogP contribution in [0.15, 0.2) is 36.5 Å².